The second kappa shape index (κ2) is 12.0. The number of benzene rings is 2. The van der Waals surface area contributed by atoms with Crippen LogP contribution in [0.25, 0.3) is 0 Å². The Morgan fingerprint density at radius 3 is 2.21 bits per heavy atom. The third-order valence-electron chi connectivity index (χ3n) is 8.20. The van der Waals surface area contributed by atoms with Crippen LogP contribution in [0, 0.1) is 19.8 Å². The molecule has 1 saturated heterocycles. The van der Waals surface area contributed by atoms with E-state index < -0.39 is 29.8 Å². The van der Waals surface area contributed by atoms with Crippen molar-refractivity contribution in [3.63, 3.8) is 0 Å². The van der Waals surface area contributed by atoms with Gasteiger partial charge in [0.05, 0.1) is 11.1 Å². The zero-order valence-electron chi connectivity index (χ0n) is 23.9. The summed E-state index contributed by atoms with van der Waals surface area (Å²) in [5, 5.41) is 9.69. The molecule has 5 rings (SSSR count). The topological polar surface area (TPSA) is 55.7 Å². The lowest BCUT2D eigenvalue weighted by Crippen LogP contribution is -2.46. The van der Waals surface area contributed by atoms with E-state index in [-0.39, 0.29) is 24.2 Å². The predicted molar refractivity (Wildman–Crippen MR) is 145 cm³/mol. The zero-order valence-corrected chi connectivity index (χ0v) is 23.9. The summed E-state index contributed by atoms with van der Waals surface area (Å²) in [5.74, 6) is 0.477. The Bertz CT molecular complexity index is 1260. The molecular weight excluding hydrogens is 562 g/mol. The van der Waals surface area contributed by atoms with Crippen LogP contribution in [-0.2, 0) is 23.6 Å². The summed E-state index contributed by atoms with van der Waals surface area (Å²) in [6.45, 7) is 6.97. The smallest absolute Gasteiger partial charge is 0.381 e. The number of fused-ring (bicyclic) bond motifs is 1. The van der Waals surface area contributed by atoms with Crippen molar-refractivity contribution >= 4 is 5.69 Å². The molecule has 0 aliphatic carbocycles. The summed E-state index contributed by atoms with van der Waals surface area (Å²) in [7, 11) is 1.64. The molecule has 0 amide bonds. The fourth-order valence-electron chi connectivity index (χ4n) is 6.36. The summed E-state index contributed by atoms with van der Waals surface area (Å²) in [5.41, 5.74) is 4.49. The van der Waals surface area contributed by atoms with Crippen molar-refractivity contribution < 1.29 is 31.1 Å². The molecule has 0 radical (unpaired) electrons. The second-order valence-electron chi connectivity index (χ2n) is 11.5. The first kappa shape index (κ1) is 30.6. The molecule has 3 aliphatic rings. The van der Waals surface area contributed by atoms with Crippen molar-refractivity contribution in [3.8, 4) is 0 Å². The van der Waals surface area contributed by atoms with Gasteiger partial charge in [0.1, 0.15) is 0 Å². The first-order chi connectivity index (χ1) is 19.8. The van der Waals surface area contributed by atoms with Gasteiger partial charge in [-0.05, 0) is 80.3 Å². The summed E-state index contributed by atoms with van der Waals surface area (Å²) < 4.78 is 87.8. The number of nitrogens with one attached hydrogen (secondary N) is 1. The highest BCUT2D eigenvalue weighted by Crippen LogP contribution is 2.43. The summed E-state index contributed by atoms with van der Waals surface area (Å²) >= 11 is 0. The van der Waals surface area contributed by atoms with E-state index in [1.807, 2.05) is 11.8 Å². The molecule has 1 N–H and O–H groups in total. The Morgan fingerprint density at radius 2 is 1.62 bits per heavy atom. The van der Waals surface area contributed by atoms with Gasteiger partial charge in [0.2, 0.25) is 0 Å². The minimum atomic E-state index is -4.93. The van der Waals surface area contributed by atoms with Gasteiger partial charge in [0, 0.05) is 51.6 Å². The number of nitrogens with zero attached hydrogens (tertiary/aromatic N) is 5. The largest absolute Gasteiger partial charge is 0.416 e. The highest BCUT2D eigenvalue weighted by molar-refractivity contribution is 5.62. The van der Waals surface area contributed by atoms with Crippen molar-refractivity contribution in [3.05, 3.63) is 63.7 Å². The molecule has 2 unspecified atom stereocenters. The quantitative estimate of drug-likeness (QED) is 0.363. The normalized spacial score (nSPS) is 22.1. The summed E-state index contributed by atoms with van der Waals surface area (Å²) in [6.07, 6.45) is -7.26. The molecule has 2 aromatic carbocycles. The number of aryl methyl sites for hydroxylation is 2. The second-order valence-corrected chi connectivity index (χ2v) is 11.5. The van der Waals surface area contributed by atoms with Gasteiger partial charge in [-0.15, -0.1) is 5.11 Å². The number of halogens is 6. The van der Waals surface area contributed by atoms with Crippen LogP contribution in [0.2, 0.25) is 0 Å². The van der Waals surface area contributed by atoms with Crippen molar-refractivity contribution in [1.82, 2.24) is 15.4 Å². The lowest BCUT2D eigenvalue weighted by Gasteiger charge is -2.37. The molecule has 3 heterocycles. The van der Waals surface area contributed by atoms with Gasteiger partial charge in [-0.25, -0.2) is 5.12 Å². The number of hydrazine groups is 1. The lowest BCUT2D eigenvalue weighted by atomic mass is 9.93. The molecule has 42 heavy (non-hydrogen) atoms. The molecule has 0 saturated carbocycles. The molecule has 2 atom stereocenters. The number of alkyl halides is 6. The van der Waals surface area contributed by atoms with E-state index in [0.717, 1.165) is 80.1 Å². The minimum Gasteiger partial charge on any atom is -0.381 e. The summed E-state index contributed by atoms with van der Waals surface area (Å²) in [4.78, 5) is 4.23. The van der Waals surface area contributed by atoms with Gasteiger partial charge >= 0.3 is 12.4 Å². The highest BCUT2D eigenvalue weighted by atomic mass is 19.4. The third kappa shape index (κ3) is 6.84. The monoisotopic (exact) mass is 598 g/mol. The Balaban J connectivity index is 1.57. The number of anilines is 1. The van der Waals surface area contributed by atoms with Gasteiger partial charge in [-0.3, -0.25) is 4.90 Å². The highest BCUT2D eigenvalue weighted by Gasteiger charge is 2.39. The fourth-order valence-corrected chi connectivity index (χ4v) is 6.36. The Hall–Kier alpha value is -2.90. The van der Waals surface area contributed by atoms with E-state index in [4.69, 9.17) is 4.74 Å². The van der Waals surface area contributed by atoms with Gasteiger partial charge in [-0.2, -0.15) is 31.8 Å². The molecule has 1 fully saturated rings. The molecule has 230 valence electrons. The first-order valence-corrected chi connectivity index (χ1v) is 14.2. The molecular formula is C29H36F6N6O. The Morgan fingerprint density at radius 1 is 0.952 bits per heavy atom. The van der Waals surface area contributed by atoms with Gasteiger partial charge in [0.25, 0.3) is 0 Å². The predicted octanol–water partition coefficient (Wildman–Crippen LogP) is 7.01. The van der Waals surface area contributed by atoms with Crippen molar-refractivity contribution in [1.29, 1.82) is 0 Å². The maximum Gasteiger partial charge on any atom is 0.416 e. The first-order valence-electron chi connectivity index (χ1n) is 14.2. The molecule has 13 heteroatoms. The van der Waals surface area contributed by atoms with Crippen molar-refractivity contribution in [2.24, 2.45) is 16.3 Å². The molecule has 0 spiro atoms. The lowest BCUT2D eigenvalue weighted by molar-refractivity contribution is -0.143. The van der Waals surface area contributed by atoms with Gasteiger partial charge in [0.15, 0.2) is 6.29 Å². The number of ether oxygens (including phenoxy) is 1. The van der Waals surface area contributed by atoms with Gasteiger partial charge in [-0.1, -0.05) is 22.9 Å². The molecule has 0 bridgehead atoms. The average Bonchev–Trinajstić information content (AvgIpc) is 3.26. The molecule has 2 aromatic rings. The van der Waals surface area contributed by atoms with E-state index in [0.29, 0.717) is 12.3 Å². The Labute approximate surface area is 241 Å². The minimum absolute atomic E-state index is 0.0991. The SMILES string of the molecule is Cc1cc(C)c2c(c1)C(N(Cc1cc(C(F)(F)F)cc(C(F)(F)F)c1)C1N=NN(C)N1)CCCN2CC1CCOCC1. The van der Waals surface area contributed by atoms with Crippen LogP contribution < -0.4 is 10.3 Å². The Kier molecular flexibility index (Phi) is 8.73. The third-order valence-corrected chi connectivity index (χ3v) is 8.20. The zero-order chi connectivity index (χ0) is 30.2. The van der Waals surface area contributed by atoms with Crippen molar-refractivity contribution in [2.45, 2.75) is 70.8 Å². The van der Waals surface area contributed by atoms with Crippen LogP contribution in [0.15, 0.2) is 40.7 Å². The van der Waals surface area contributed by atoms with E-state index in [2.05, 4.69) is 39.7 Å². The molecule has 7 nitrogen and oxygen atoms in total. The fraction of sp³-hybridized carbons (Fsp3) is 0.586. The number of rotatable bonds is 6. The van der Waals surface area contributed by atoms with Gasteiger partial charge < -0.3 is 9.64 Å². The average molecular weight is 599 g/mol. The van der Waals surface area contributed by atoms with Crippen LogP contribution in [-0.4, -0.2) is 49.7 Å². The van der Waals surface area contributed by atoms with Crippen LogP contribution >= 0.6 is 0 Å². The van der Waals surface area contributed by atoms with Crippen LogP contribution in [0.5, 0.6) is 0 Å². The van der Waals surface area contributed by atoms with E-state index in [1.54, 1.807) is 7.05 Å². The standard InChI is InChI=1S/C29H36F6N6O/c1-18-11-19(2)26-24(12-18)25(5-4-8-40(26)16-20-6-9-42-10-7-20)41(27-36-38-39(3)37-27)17-21-13-22(28(30,31)32)15-23(14-21)29(33,34)35/h11-15,20,25,27,37H,4-10,16-17H2,1-3H3. The van der Waals surface area contributed by atoms with E-state index >= 15 is 0 Å². The maximum absolute atomic E-state index is 13.7. The van der Waals surface area contributed by atoms with E-state index in [9.17, 15) is 26.3 Å². The van der Waals surface area contributed by atoms with E-state index in [1.165, 1.54) is 5.12 Å². The van der Waals surface area contributed by atoms with Crippen LogP contribution in [0.4, 0.5) is 32.0 Å². The molecule has 3 aliphatic heterocycles. The number of hydrogen-bond acceptors (Lipinski definition) is 7. The summed E-state index contributed by atoms with van der Waals surface area (Å²) in [6, 6.07) is 5.63. The van der Waals surface area contributed by atoms with Crippen molar-refractivity contribution in [2.75, 3.05) is 38.3 Å². The number of hydrogen-bond donors (Lipinski definition) is 1. The maximum atomic E-state index is 13.7. The van der Waals surface area contributed by atoms with Crippen LogP contribution in [0.1, 0.15) is 65.1 Å². The molecule has 0 aromatic heterocycles. The van der Waals surface area contributed by atoms with Crippen LogP contribution in [0.3, 0.4) is 0 Å².